The first-order valence-corrected chi connectivity index (χ1v) is 3.40. The summed E-state index contributed by atoms with van der Waals surface area (Å²) in [5.74, 6) is 0. The van der Waals surface area contributed by atoms with Crippen molar-refractivity contribution in [2.75, 3.05) is 0 Å². The van der Waals surface area contributed by atoms with Gasteiger partial charge in [-0.05, 0) is 19.8 Å². The zero-order valence-electron chi connectivity index (χ0n) is 6.91. The average molecular weight is 113 g/mol. The van der Waals surface area contributed by atoms with Crippen molar-refractivity contribution in [3.63, 3.8) is 0 Å². The highest BCUT2D eigenvalue weighted by atomic mass is 13.8. The van der Waals surface area contributed by atoms with E-state index >= 15 is 0 Å². The largest absolute Gasteiger partial charge is 0.0917 e. The summed E-state index contributed by atoms with van der Waals surface area (Å²) >= 11 is 0. The maximum atomic E-state index is 7.07. The SMILES string of the molecule is [2H]/C(C)=C/CCCCC. The van der Waals surface area contributed by atoms with Gasteiger partial charge in [0.2, 0.25) is 0 Å². The molecule has 0 aromatic carbocycles. The third-order valence-corrected chi connectivity index (χ3v) is 1.16. The number of hydrogen-bond acceptors (Lipinski definition) is 0. The van der Waals surface area contributed by atoms with Gasteiger partial charge in [0.15, 0.2) is 0 Å². The van der Waals surface area contributed by atoms with E-state index in [1.165, 1.54) is 19.3 Å². The predicted octanol–water partition coefficient (Wildman–Crippen LogP) is 3.14. The Morgan fingerprint density at radius 2 is 2.25 bits per heavy atom. The second kappa shape index (κ2) is 6.74. The predicted molar refractivity (Wildman–Crippen MR) is 39.0 cm³/mol. The fraction of sp³-hybridized carbons (Fsp3) is 0.750. The zero-order chi connectivity index (χ0) is 7.11. The van der Waals surface area contributed by atoms with Gasteiger partial charge in [-0.25, -0.2) is 0 Å². The summed E-state index contributed by atoms with van der Waals surface area (Å²) < 4.78 is 7.07. The Balaban J connectivity index is 3.00. The van der Waals surface area contributed by atoms with Crippen LogP contribution in [0.25, 0.3) is 0 Å². The summed E-state index contributed by atoms with van der Waals surface area (Å²) in [5, 5.41) is 0. The molecule has 0 unspecified atom stereocenters. The molecule has 8 heavy (non-hydrogen) atoms. The van der Waals surface area contributed by atoms with E-state index in [1.807, 2.05) is 13.0 Å². The van der Waals surface area contributed by atoms with Crippen LogP contribution >= 0.6 is 0 Å². The highest BCUT2D eigenvalue weighted by Gasteiger charge is 1.78. The van der Waals surface area contributed by atoms with Gasteiger partial charge in [-0.2, -0.15) is 0 Å². The second-order valence-corrected chi connectivity index (χ2v) is 1.99. The quantitative estimate of drug-likeness (QED) is 0.388. The molecule has 0 rings (SSSR count). The fourth-order valence-electron chi connectivity index (χ4n) is 0.641. The Kier molecular flexibility index (Phi) is 4.94. The first-order valence-electron chi connectivity index (χ1n) is 3.90. The summed E-state index contributed by atoms with van der Waals surface area (Å²) in [7, 11) is 0. The third kappa shape index (κ3) is 5.74. The van der Waals surface area contributed by atoms with Gasteiger partial charge in [-0.3, -0.25) is 0 Å². The van der Waals surface area contributed by atoms with Crippen LogP contribution in [0.4, 0.5) is 0 Å². The Bertz CT molecular complexity index is 80.6. The highest BCUT2D eigenvalue weighted by Crippen LogP contribution is 1.98. The molecule has 0 aromatic rings. The lowest BCUT2D eigenvalue weighted by molar-refractivity contribution is 0.729. The molecular weight excluding hydrogens is 96.1 g/mol. The van der Waals surface area contributed by atoms with Gasteiger partial charge in [-0.1, -0.05) is 31.9 Å². The molecule has 0 fully saturated rings. The molecule has 0 spiro atoms. The van der Waals surface area contributed by atoms with E-state index in [0.717, 1.165) is 6.42 Å². The topological polar surface area (TPSA) is 0 Å². The molecule has 0 nitrogen and oxygen atoms in total. The van der Waals surface area contributed by atoms with Crippen LogP contribution in [0.2, 0.25) is 0 Å². The van der Waals surface area contributed by atoms with Crippen LogP contribution in [0.15, 0.2) is 12.1 Å². The molecule has 48 valence electrons. The smallest absolute Gasteiger partial charge is 0.0569 e. The van der Waals surface area contributed by atoms with Crippen LogP contribution < -0.4 is 0 Å². The minimum atomic E-state index is 0.700. The van der Waals surface area contributed by atoms with E-state index in [2.05, 4.69) is 6.92 Å². The van der Waals surface area contributed by atoms with Crippen LogP contribution in [0, 0.1) is 0 Å². The van der Waals surface area contributed by atoms with Gasteiger partial charge in [0.05, 0.1) is 1.37 Å². The maximum absolute atomic E-state index is 7.07. The normalized spacial score (nSPS) is 13.8. The Morgan fingerprint density at radius 3 is 2.75 bits per heavy atom. The molecular formula is C8H16. The Hall–Kier alpha value is -0.260. The first-order chi connectivity index (χ1) is 4.27. The van der Waals surface area contributed by atoms with Crippen molar-refractivity contribution in [3.8, 4) is 0 Å². The fourth-order valence-corrected chi connectivity index (χ4v) is 0.641. The lowest BCUT2D eigenvalue weighted by Crippen LogP contribution is -1.68. The molecule has 0 aliphatic heterocycles. The molecule has 0 bridgehead atoms. The number of allylic oxidation sites excluding steroid dienone is 2. The van der Waals surface area contributed by atoms with Crippen LogP contribution in [-0.4, -0.2) is 0 Å². The average Bonchev–Trinajstić information content (AvgIpc) is 1.80. The number of unbranched alkanes of at least 4 members (excludes halogenated alkanes) is 3. The summed E-state index contributed by atoms with van der Waals surface area (Å²) in [6.07, 6.45) is 6.88. The molecule has 0 saturated heterocycles. The first kappa shape index (κ1) is 5.87. The molecule has 0 N–H and O–H groups in total. The standard InChI is InChI=1S/C8H16/c1-3-5-7-8-6-4-2/h3,5H,4,6-8H2,1-2H3/b5-3-/i3D. The van der Waals surface area contributed by atoms with Crippen molar-refractivity contribution in [2.45, 2.75) is 39.5 Å². The van der Waals surface area contributed by atoms with Gasteiger partial charge in [0.1, 0.15) is 0 Å². The van der Waals surface area contributed by atoms with E-state index in [1.54, 1.807) is 0 Å². The molecule has 0 saturated carbocycles. The summed E-state index contributed by atoms with van der Waals surface area (Å²) in [5.41, 5.74) is 0. The summed E-state index contributed by atoms with van der Waals surface area (Å²) in [6.45, 7) is 4.02. The van der Waals surface area contributed by atoms with Crippen molar-refractivity contribution >= 4 is 0 Å². The van der Waals surface area contributed by atoms with Crippen LogP contribution in [0.3, 0.4) is 0 Å². The molecule has 0 radical (unpaired) electrons. The highest BCUT2D eigenvalue weighted by molar-refractivity contribution is 4.75. The molecule has 0 heteroatoms. The molecule has 0 amide bonds. The van der Waals surface area contributed by atoms with Gasteiger partial charge >= 0.3 is 0 Å². The summed E-state index contributed by atoms with van der Waals surface area (Å²) in [6, 6.07) is 0.700. The number of rotatable bonds is 4. The van der Waals surface area contributed by atoms with Crippen molar-refractivity contribution in [2.24, 2.45) is 0 Å². The Labute approximate surface area is 54.0 Å². The third-order valence-electron chi connectivity index (χ3n) is 1.16. The number of hydrogen-bond donors (Lipinski definition) is 0. The van der Waals surface area contributed by atoms with Crippen LogP contribution in [-0.2, 0) is 0 Å². The molecule has 0 heterocycles. The summed E-state index contributed by atoms with van der Waals surface area (Å²) in [4.78, 5) is 0. The second-order valence-electron chi connectivity index (χ2n) is 1.99. The van der Waals surface area contributed by atoms with Crippen molar-refractivity contribution < 1.29 is 1.37 Å². The van der Waals surface area contributed by atoms with E-state index in [9.17, 15) is 0 Å². The van der Waals surface area contributed by atoms with Crippen molar-refractivity contribution in [3.05, 3.63) is 12.1 Å². The van der Waals surface area contributed by atoms with Gasteiger partial charge in [0.25, 0.3) is 0 Å². The zero-order valence-corrected chi connectivity index (χ0v) is 5.91. The van der Waals surface area contributed by atoms with Crippen LogP contribution in [0.1, 0.15) is 40.9 Å². The maximum Gasteiger partial charge on any atom is 0.0569 e. The van der Waals surface area contributed by atoms with E-state index in [4.69, 9.17) is 1.37 Å². The minimum absolute atomic E-state index is 0.700. The molecule has 0 aliphatic carbocycles. The van der Waals surface area contributed by atoms with Crippen LogP contribution in [0.5, 0.6) is 0 Å². The molecule has 0 aromatic heterocycles. The van der Waals surface area contributed by atoms with E-state index in [-0.39, 0.29) is 0 Å². The minimum Gasteiger partial charge on any atom is -0.0917 e. The van der Waals surface area contributed by atoms with Crippen molar-refractivity contribution in [1.82, 2.24) is 0 Å². The molecule has 0 atom stereocenters. The lowest BCUT2D eigenvalue weighted by Gasteiger charge is -1.88. The van der Waals surface area contributed by atoms with Gasteiger partial charge in [-0.15, -0.1) is 0 Å². The van der Waals surface area contributed by atoms with E-state index < -0.39 is 0 Å². The van der Waals surface area contributed by atoms with E-state index in [0.29, 0.717) is 6.05 Å². The van der Waals surface area contributed by atoms with Crippen molar-refractivity contribution in [1.29, 1.82) is 0 Å². The monoisotopic (exact) mass is 113 g/mol. The Morgan fingerprint density at radius 1 is 1.50 bits per heavy atom. The van der Waals surface area contributed by atoms with Gasteiger partial charge < -0.3 is 0 Å². The molecule has 0 aliphatic rings. The lowest BCUT2D eigenvalue weighted by atomic mass is 10.2. The van der Waals surface area contributed by atoms with Gasteiger partial charge in [0, 0.05) is 0 Å².